The fourth-order valence-corrected chi connectivity index (χ4v) is 2.83. The summed E-state index contributed by atoms with van der Waals surface area (Å²) in [5.74, 6) is 0.493. The van der Waals surface area contributed by atoms with Gasteiger partial charge in [-0.1, -0.05) is 6.92 Å². The lowest BCUT2D eigenvalue weighted by molar-refractivity contribution is -0.117. The van der Waals surface area contributed by atoms with E-state index in [9.17, 15) is 9.59 Å². The molecule has 1 aliphatic heterocycles. The van der Waals surface area contributed by atoms with Crippen LogP contribution in [-0.4, -0.2) is 42.3 Å². The number of hydrogen-bond donors (Lipinski definition) is 2. The highest BCUT2D eigenvalue weighted by Crippen LogP contribution is 2.15. The van der Waals surface area contributed by atoms with Gasteiger partial charge in [0.25, 0.3) is 0 Å². The van der Waals surface area contributed by atoms with Crippen molar-refractivity contribution in [2.45, 2.75) is 26.3 Å². The van der Waals surface area contributed by atoms with Crippen molar-refractivity contribution in [1.29, 1.82) is 0 Å². The minimum atomic E-state index is -0.0492. The normalized spacial score (nSPS) is 22.8. The summed E-state index contributed by atoms with van der Waals surface area (Å²) in [4.78, 5) is 25.3. The van der Waals surface area contributed by atoms with Gasteiger partial charge in [0.2, 0.25) is 5.91 Å². The Kier molecular flexibility index (Phi) is 5.09. The number of nitrogens with two attached hydrogens (primary N) is 1. The first-order valence-corrected chi connectivity index (χ1v) is 7.33. The highest BCUT2D eigenvalue weighted by atomic mass is 16.2. The maximum atomic E-state index is 12.1. The number of carbonyl (C=O) groups is 2. The van der Waals surface area contributed by atoms with Gasteiger partial charge in [0, 0.05) is 30.4 Å². The number of hydrogen-bond acceptors (Lipinski definition) is 4. The van der Waals surface area contributed by atoms with Crippen molar-refractivity contribution >= 4 is 17.4 Å². The van der Waals surface area contributed by atoms with Gasteiger partial charge < -0.3 is 11.1 Å². The lowest BCUT2D eigenvalue weighted by Gasteiger charge is -2.34. The van der Waals surface area contributed by atoms with E-state index >= 15 is 0 Å². The Morgan fingerprint density at radius 2 is 1.95 bits per heavy atom. The monoisotopic (exact) mass is 289 g/mol. The molecule has 2 unspecified atom stereocenters. The molecule has 1 aromatic carbocycles. The number of Topliss-reactive ketones (excluding diaryl/α,β-unsaturated/α-hetero) is 1. The van der Waals surface area contributed by atoms with Crippen molar-refractivity contribution < 1.29 is 9.59 Å². The van der Waals surface area contributed by atoms with E-state index in [0.717, 1.165) is 19.5 Å². The predicted molar refractivity (Wildman–Crippen MR) is 83.3 cm³/mol. The van der Waals surface area contributed by atoms with Crippen molar-refractivity contribution in [3.63, 3.8) is 0 Å². The highest BCUT2D eigenvalue weighted by Gasteiger charge is 2.23. The van der Waals surface area contributed by atoms with E-state index in [4.69, 9.17) is 5.73 Å². The molecule has 1 aromatic rings. The molecule has 1 amide bonds. The molecule has 3 N–H and O–H groups in total. The van der Waals surface area contributed by atoms with E-state index in [0.29, 0.717) is 23.7 Å². The summed E-state index contributed by atoms with van der Waals surface area (Å²) in [6.07, 6.45) is 1.02. The molecule has 0 spiro atoms. The third kappa shape index (κ3) is 4.65. The van der Waals surface area contributed by atoms with E-state index in [1.165, 1.54) is 6.92 Å². The van der Waals surface area contributed by atoms with Gasteiger partial charge >= 0.3 is 0 Å². The van der Waals surface area contributed by atoms with Crippen molar-refractivity contribution in [2.75, 3.05) is 25.0 Å². The first-order valence-electron chi connectivity index (χ1n) is 7.33. The lowest BCUT2D eigenvalue weighted by Crippen LogP contribution is -2.48. The van der Waals surface area contributed by atoms with Crippen molar-refractivity contribution in [1.82, 2.24) is 4.90 Å². The van der Waals surface area contributed by atoms with Crippen LogP contribution in [0.4, 0.5) is 5.69 Å². The standard InChI is InChI=1S/C16H23N3O2/c1-11-7-14(17)9-19(8-11)10-16(21)18-15-5-3-13(4-6-15)12(2)20/h3-6,11,14H,7-10,17H2,1-2H3,(H,18,21). The number of benzene rings is 1. The summed E-state index contributed by atoms with van der Waals surface area (Å²) >= 11 is 0. The molecule has 1 fully saturated rings. The Bertz CT molecular complexity index is 503. The summed E-state index contributed by atoms with van der Waals surface area (Å²) < 4.78 is 0. The summed E-state index contributed by atoms with van der Waals surface area (Å²) in [6, 6.07) is 7.09. The van der Waals surface area contributed by atoms with E-state index < -0.39 is 0 Å². The Balaban J connectivity index is 1.88. The second-order valence-corrected chi connectivity index (χ2v) is 5.98. The first-order chi connectivity index (χ1) is 9.94. The predicted octanol–water partition coefficient (Wildman–Crippen LogP) is 1.50. The van der Waals surface area contributed by atoms with Crippen LogP contribution < -0.4 is 11.1 Å². The molecular weight excluding hydrogens is 266 g/mol. The summed E-state index contributed by atoms with van der Waals surface area (Å²) in [5.41, 5.74) is 7.33. The van der Waals surface area contributed by atoms with Crippen LogP contribution in [0.2, 0.25) is 0 Å². The Morgan fingerprint density at radius 1 is 1.29 bits per heavy atom. The van der Waals surface area contributed by atoms with Crippen LogP contribution in [0.25, 0.3) is 0 Å². The molecular formula is C16H23N3O2. The van der Waals surface area contributed by atoms with Crippen LogP contribution in [0, 0.1) is 5.92 Å². The number of amides is 1. The van der Waals surface area contributed by atoms with E-state index in [1.807, 2.05) is 0 Å². The average molecular weight is 289 g/mol. The number of anilines is 1. The van der Waals surface area contributed by atoms with E-state index in [1.54, 1.807) is 24.3 Å². The van der Waals surface area contributed by atoms with Gasteiger partial charge in [-0.2, -0.15) is 0 Å². The molecule has 5 nitrogen and oxygen atoms in total. The van der Waals surface area contributed by atoms with Crippen LogP contribution in [0.1, 0.15) is 30.6 Å². The number of nitrogens with zero attached hydrogens (tertiary/aromatic N) is 1. The van der Waals surface area contributed by atoms with Crippen LogP contribution in [0.3, 0.4) is 0 Å². The molecule has 1 saturated heterocycles. The lowest BCUT2D eigenvalue weighted by atomic mass is 9.97. The first kappa shape index (κ1) is 15.7. The molecule has 1 heterocycles. The molecule has 114 valence electrons. The Hall–Kier alpha value is -1.72. The average Bonchev–Trinajstić information content (AvgIpc) is 2.37. The van der Waals surface area contributed by atoms with Gasteiger partial charge in [-0.25, -0.2) is 0 Å². The minimum absolute atomic E-state index is 0.0177. The number of nitrogens with one attached hydrogen (secondary N) is 1. The third-order valence-electron chi connectivity index (χ3n) is 3.71. The molecule has 0 aromatic heterocycles. The fraction of sp³-hybridized carbons (Fsp3) is 0.500. The summed E-state index contributed by atoms with van der Waals surface area (Å²) in [7, 11) is 0. The highest BCUT2D eigenvalue weighted by molar-refractivity contribution is 5.96. The number of ketones is 1. The van der Waals surface area contributed by atoms with Gasteiger partial charge in [-0.15, -0.1) is 0 Å². The number of likely N-dealkylation sites (tertiary alicyclic amines) is 1. The zero-order valence-corrected chi connectivity index (χ0v) is 12.6. The van der Waals surface area contributed by atoms with Crippen molar-refractivity contribution in [2.24, 2.45) is 11.7 Å². The molecule has 5 heteroatoms. The SMILES string of the molecule is CC(=O)c1ccc(NC(=O)CN2CC(C)CC(N)C2)cc1. The quantitative estimate of drug-likeness (QED) is 0.824. The topological polar surface area (TPSA) is 75.4 Å². The Labute approximate surface area is 125 Å². The van der Waals surface area contributed by atoms with Crippen LogP contribution in [0.5, 0.6) is 0 Å². The van der Waals surface area contributed by atoms with Gasteiger partial charge in [0.05, 0.1) is 6.54 Å². The Morgan fingerprint density at radius 3 is 2.52 bits per heavy atom. The van der Waals surface area contributed by atoms with E-state index in [2.05, 4.69) is 17.1 Å². The second-order valence-electron chi connectivity index (χ2n) is 5.98. The molecule has 21 heavy (non-hydrogen) atoms. The molecule has 0 bridgehead atoms. The molecule has 1 aliphatic rings. The largest absolute Gasteiger partial charge is 0.327 e. The fourth-order valence-electron chi connectivity index (χ4n) is 2.83. The molecule has 2 rings (SSSR count). The van der Waals surface area contributed by atoms with Crippen molar-refractivity contribution in [3.8, 4) is 0 Å². The molecule has 0 saturated carbocycles. The van der Waals surface area contributed by atoms with Crippen LogP contribution >= 0.6 is 0 Å². The van der Waals surface area contributed by atoms with Gasteiger partial charge in [0.1, 0.15) is 0 Å². The van der Waals surface area contributed by atoms with Gasteiger partial charge in [-0.05, 0) is 43.5 Å². The van der Waals surface area contributed by atoms with Gasteiger partial charge in [-0.3, -0.25) is 14.5 Å². The maximum Gasteiger partial charge on any atom is 0.238 e. The second kappa shape index (κ2) is 6.83. The van der Waals surface area contributed by atoms with Crippen LogP contribution in [0.15, 0.2) is 24.3 Å². The number of carbonyl (C=O) groups excluding carboxylic acids is 2. The number of rotatable bonds is 4. The minimum Gasteiger partial charge on any atom is -0.327 e. The third-order valence-corrected chi connectivity index (χ3v) is 3.71. The molecule has 0 aliphatic carbocycles. The summed E-state index contributed by atoms with van der Waals surface area (Å²) in [6.45, 7) is 5.71. The smallest absolute Gasteiger partial charge is 0.238 e. The zero-order chi connectivity index (χ0) is 15.4. The van der Waals surface area contributed by atoms with Gasteiger partial charge in [0.15, 0.2) is 5.78 Å². The molecule has 2 atom stereocenters. The summed E-state index contributed by atoms with van der Waals surface area (Å²) in [5, 5.41) is 2.85. The maximum absolute atomic E-state index is 12.1. The molecule has 0 radical (unpaired) electrons. The van der Waals surface area contributed by atoms with E-state index in [-0.39, 0.29) is 17.7 Å². The number of piperidine rings is 1. The van der Waals surface area contributed by atoms with Crippen molar-refractivity contribution in [3.05, 3.63) is 29.8 Å². The zero-order valence-electron chi connectivity index (χ0n) is 12.6. The van der Waals surface area contributed by atoms with Crippen LogP contribution in [-0.2, 0) is 4.79 Å².